The number of amides is 2. The minimum absolute atomic E-state index is 0.0875. The summed E-state index contributed by atoms with van der Waals surface area (Å²) in [6.07, 6.45) is 2.59. The van der Waals surface area contributed by atoms with Crippen molar-refractivity contribution in [2.75, 3.05) is 11.9 Å². The number of hydrogen-bond acceptors (Lipinski definition) is 2. The van der Waals surface area contributed by atoms with Gasteiger partial charge < -0.3 is 10.4 Å². The molecule has 1 aliphatic carbocycles. The molecule has 5 nitrogen and oxygen atoms in total. The Hall–Kier alpha value is -2.04. The molecule has 1 fully saturated rings. The van der Waals surface area contributed by atoms with E-state index in [1.54, 1.807) is 12.1 Å². The molecule has 2 amide bonds. The maximum absolute atomic E-state index is 12.3. The average Bonchev–Trinajstić information content (AvgIpc) is 2.36. The molecule has 3 N–H and O–H groups in total. The van der Waals surface area contributed by atoms with Crippen LogP contribution >= 0.6 is 0 Å². The molecule has 0 aromatic heterocycles. The normalized spacial score (nSPS) is 16.1. The minimum Gasteiger partial charge on any atom is -0.465 e. The summed E-state index contributed by atoms with van der Waals surface area (Å²) in [6, 6.07) is 7.10. The zero-order valence-corrected chi connectivity index (χ0v) is 11.6. The molecule has 0 saturated heterocycles. The molecule has 20 heavy (non-hydrogen) atoms. The third-order valence-corrected chi connectivity index (χ3v) is 3.87. The van der Waals surface area contributed by atoms with Gasteiger partial charge >= 0.3 is 6.09 Å². The fourth-order valence-electron chi connectivity index (χ4n) is 2.58. The first kappa shape index (κ1) is 14.4. The largest absolute Gasteiger partial charge is 0.465 e. The molecule has 2 rings (SSSR count). The van der Waals surface area contributed by atoms with Gasteiger partial charge in [-0.1, -0.05) is 25.5 Å². The summed E-state index contributed by atoms with van der Waals surface area (Å²) in [6.45, 7) is 2.72. The number of carbonyl (C=O) groups excluding carboxylic acids is 1. The quantitative estimate of drug-likeness (QED) is 0.773. The van der Waals surface area contributed by atoms with Crippen LogP contribution in [0.5, 0.6) is 0 Å². The van der Waals surface area contributed by atoms with Crippen LogP contribution in [0.25, 0.3) is 0 Å². The first-order valence-electron chi connectivity index (χ1n) is 6.97. The van der Waals surface area contributed by atoms with Crippen molar-refractivity contribution in [1.82, 2.24) is 5.32 Å². The van der Waals surface area contributed by atoms with Crippen LogP contribution in [-0.4, -0.2) is 23.7 Å². The van der Waals surface area contributed by atoms with Gasteiger partial charge in [-0.3, -0.25) is 10.1 Å². The molecule has 1 aromatic carbocycles. The van der Waals surface area contributed by atoms with Crippen molar-refractivity contribution in [3.63, 3.8) is 0 Å². The summed E-state index contributed by atoms with van der Waals surface area (Å²) in [7, 11) is 0. The maximum atomic E-state index is 12.3. The van der Waals surface area contributed by atoms with E-state index in [4.69, 9.17) is 5.11 Å². The van der Waals surface area contributed by atoms with Crippen molar-refractivity contribution in [1.29, 1.82) is 0 Å². The number of rotatable bonds is 5. The van der Waals surface area contributed by atoms with E-state index in [-0.39, 0.29) is 5.91 Å². The summed E-state index contributed by atoms with van der Waals surface area (Å²) < 4.78 is 0. The molecule has 1 saturated carbocycles. The number of hydrogen-bond donors (Lipinski definition) is 3. The van der Waals surface area contributed by atoms with Gasteiger partial charge in [-0.2, -0.15) is 0 Å². The fraction of sp³-hybridized carbons (Fsp3) is 0.467. The lowest BCUT2D eigenvalue weighted by atomic mass is 9.64. The molecular formula is C15H20N2O3. The Labute approximate surface area is 118 Å². The van der Waals surface area contributed by atoms with Gasteiger partial charge in [0.25, 0.3) is 0 Å². The van der Waals surface area contributed by atoms with Crippen molar-refractivity contribution in [3.8, 4) is 0 Å². The number of carbonyl (C=O) groups is 2. The number of carboxylic acid groups (broad SMARTS) is 1. The zero-order valence-electron chi connectivity index (χ0n) is 11.6. The topological polar surface area (TPSA) is 78.4 Å². The molecule has 0 heterocycles. The van der Waals surface area contributed by atoms with Crippen LogP contribution in [0.2, 0.25) is 0 Å². The van der Waals surface area contributed by atoms with Crippen molar-refractivity contribution >= 4 is 17.7 Å². The molecule has 1 aliphatic rings. The van der Waals surface area contributed by atoms with Gasteiger partial charge in [-0.25, -0.2) is 4.79 Å². The van der Waals surface area contributed by atoms with E-state index in [1.165, 1.54) is 0 Å². The lowest BCUT2D eigenvalue weighted by molar-refractivity contribution is -0.129. The molecule has 0 unspecified atom stereocenters. The molecule has 0 radical (unpaired) electrons. The molecule has 0 atom stereocenters. The Morgan fingerprint density at radius 1 is 1.25 bits per heavy atom. The van der Waals surface area contributed by atoms with Gasteiger partial charge in [0, 0.05) is 12.2 Å². The highest BCUT2D eigenvalue weighted by Gasteiger charge is 2.45. The Morgan fingerprint density at radius 3 is 2.35 bits per heavy atom. The predicted molar refractivity (Wildman–Crippen MR) is 76.9 cm³/mol. The van der Waals surface area contributed by atoms with Gasteiger partial charge in [-0.05, 0) is 37.0 Å². The second-order valence-corrected chi connectivity index (χ2v) is 5.20. The molecule has 108 valence electrons. The Kier molecular flexibility index (Phi) is 4.27. The molecule has 0 spiro atoms. The van der Waals surface area contributed by atoms with Crippen LogP contribution < -0.4 is 10.6 Å². The molecule has 1 aromatic rings. The lowest BCUT2D eigenvalue weighted by Gasteiger charge is -2.40. The van der Waals surface area contributed by atoms with Crippen molar-refractivity contribution < 1.29 is 14.7 Å². The Balaban J connectivity index is 2.15. The van der Waals surface area contributed by atoms with E-state index in [0.717, 1.165) is 31.2 Å². The first-order valence-corrected chi connectivity index (χ1v) is 6.97. The third kappa shape index (κ3) is 2.76. The average molecular weight is 276 g/mol. The van der Waals surface area contributed by atoms with E-state index < -0.39 is 11.5 Å². The number of anilines is 1. The number of nitrogens with one attached hydrogen (secondary N) is 2. The lowest BCUT2D eigenvalue weighted by Crippen LogP contribution is -2.49. The third-order valence-electron chi connectivity index (χ3n) is 3.87. The second-order valence-electron chi connectivity index (χ2n) is 5.20. The van der Waals surface area contributed by atoms with E-state index in [2.05, 4.69) is 10.6 Å². The number of benzene rings is 1. The summed E-state index contributed by atoms with van der Waals surface area (Å²) in [4.78, 5) is 22.9. The van der Waals surface area contributed by atoms with Crippen LogP contribution in [0.4, 0.5) is 10.5 Å². The van der Waals surface area contributed by atoms with Gasteiger partial charge in [0.05, 0.1) is 5.41 Å². The Bertz CT molecular complexity index is 492. The summed E-state index contributed by atoms with van der Waals surface area (Å²) in [5.74, 6) is 0.0875. The molecular weight excluding hydrogens is 256 g/mol. The summed E-state index contributed by atoms with van der Waals surface area (Å²) in [5, 5.41) is 13.9. The van der Waals surface area contributed by atoms with E-state index in [0.29, 0.717) is 12.2 Å². The Morgan fingerprint density at radius 2 is 1.90 bits per heavy atom. The van der Waals surface area contributed by atoms with E-state index >= 15 is 0 Å². The van der Waals surface area contributed by atoms with Crippen molar-refractivity contribution in [2.24, 2.45) is 0 Å². The van der Waals surface area contributed by atoms with Crippen LogP contribution in [0.3, 0.4) is 0 Å². The summed E-state index contributed by atoms with van der Waals surface area (Å²) in [5.41, 5.74) is 1.06. The maximum Gasteiger partial charge on any atom is 0.409 e. The monoisotopic (exact) mass is 276 g/mol. The minimum atomic E-state index is -1.09. The predicted octanol–water partition coefficient (Wildman–Crippen LogP) is 2.72. The van der Waals surface area contributed by atoms with Gasteiger partial charge in [0.1, 0.15) is 0 Å². The highest BCUT2D eigenvalue weighted by Crippen LogP contribution is 2.44. The van der Waals surface area contributed by atoms with Gasteiger partial charge in [0.15, 0.2) is 0 Å². The smallest absolute Gasteiger partial charge is 0.409 e. The van der Waals surface area contributed by atoms with Crippen molar-refractivity contribution in [3.05, 3.63) is 29.8 Å². The van der Waals surface area contributed by atoms with Gasteiger partial charge in [0.2, 0.25) is 5.91 Å². The van der Waals surface area contributed by atoms with Crippen LogP contribution in [-0.2, 0) is 10.2 Å². The van der Waals surface area contributed by atoms with Gasteiger partial charge in [-0.15, -0.1) is 0 Å². The zero-order chi connectivity index (χ0) is 14.6. The highest BCUT2D eigenvalue weighted by molar-refractivity contribution is 5.89. The SMILES string of the molecule is CCCNC(=O)C1(c2ccc(NC(=O)O)cc2)CCC1. The molecule has 0 aliphatic heterocycles. The first-order chi connectivity index (χ1) is 9.58. The highest BCUT2D eigenvalue weighted by atomic mass is 16.4. The van der Waals surface area contributed by atoms with E-state index in [9.17, 15) is 9.59 Å². The van der Waals surface area contributed by atoms with Crippen LogP contribution in [0.1, 0.15) is 38.2 Å². The standard InChI is InChI=1S/C15H20N2O3/c1-2-10-16-13(18)15(8-3-9-15)11-4-6-12(7-5-11)17-14(19)20/h4-7,17H,2-3,8-10H2,1H3,(H,16,18)(H,19,20). The summed E-state index contributed by atoms with van der Waals surface area (Å²) >= 11 is 0. The molecule has 5 heteroatoms. The van der Waals surface area contributed by atoms with Crippen molar-refractivity contribution in [2.45, 2.75) is 38.0 Å². The molecule has 0 bridgehead atoms. The van der Waals surface area contributed by atoms with Crippen LogP contribution in [0, 0.1) is 0 Å². The van der Waals surface area contributed by atoms with E-state index in [1.807, 2.05) is 19.1 Å². The fourth-order valence-corrected chi connectivity index (χ4v) is 2.58. The second kappa shape index (κ2) is 5.94. The van der Waals surface area contributed by atoms with Crippen LogP contribution in [0.15, 0.2) is 24.3 Å².